The summed E-state index contributed by atoms with van der Waals surface area (Å²) in [7, 11) is 0. The molecular weight excluding hydrogens is 241 g/mol. The van der Waals surface area contributed by atoms with E-state index in [9.17, 15) is 13.2 Å². The molecule has 0 N–H and O–H groups in total. The number of ether oxygens (including phenoxy) is 1. The van der Waals surface area contributed by atoms with Gasteiger partial charge in [0.05, 0.1) is 6.61 Å². The summed E-state index contributed by atoms with van der Waals surface area (Å²) in [6.45, 7) is 0.433. The van der Waals surface area contributed by atoms with Crippen molar-refractivity contribution in [2.75, 3.05) is 6.61 Å². The number of benzene rings is 2. The van der Waals surface area contributed by atoms with Crippen LogP contribution < -0.4 is 4.74 Å². The Morgan fingerprint density at radius 3 is 2.50 bits per heavy atom. The molecule has 0 saturated heterocycles. The highest BCUT2D eigenvalue weighted by atomic mass is 19.1. The molecular formula is C14H9F3O. The molecule has 0 aromatic heterocycles. The summed E-state index contributed by atoms with van der Waals surface area (Å²) in [6.07, 6.45) is 0.580. The van der Waals surface area contributed by atoms with Crippen LogP contribution in [0.5, 0.6) is 5.75 Å². The van der Waals surface area contributed by atoms with Gasteiger partial charge in [0.1, 0.15) is 23.2 Å². The molecule has 18 heavy (non-hydrogen) atoms. The quantitative estimate of drug-likeness (QED) is 0.749. The van der Waals surface area contributed by atoms with Gasteiger partial charge in [0, 0.05) is 23.1 Å². The monoisotopic (exact) mass is 250 g/mol. The van der Waals surface area contributed by atoms with Crippen molar-refractivity contribution in [3.8, 4) is 16.9 Å². The van der Waals surface area contributed by atoms with E-state index in [1.165, 1.54) is 12.1 Å². The maximum Gasteiger partial charge on any atom is 0.131 e. The Morgan fingerprint density at radius 2 is 1.67 bits per heavy atom. The Kier molecular flexibility index (Phi) is 2.51. The Hall–Kier alpha value is -1.97. The van der Waals surface area contributed by atoms with Crippen LogP contribution in [0.25, 0.3) is 11.1 Å². The first-order valence-corrected chi connectivity index (χ1v) is 5.56. The van der Waals surface area contributed by atoms with E-state index < -0.39 is 17.5 Å². The number of hydrogen-bond acceptors (Lipinski definition) is 1. The fraction of sp³-hybridized carbons (Fsp3) is 0.143. The van der Waals surface area contributed by atoms with Gasteiger partial charge in [0.25, 0.3) is 0 Å². The minimum absolute atomic E-state index is 0.0210. The fourth-order valence-corrected chi connectivity index (χ4v) is 2.17. The van der Waals surface area contributed by atoms with Crippen molar-refractivity contribution in [3.63, 3.8) is 0 Å². The van der Waals surface area contributed by atoms with Gasteiger partial charge in [-0.1, -0.05) is 0 Å². The summed E-state index contributed by atoms with van der Waals surface area (Å²) in [5.41, 5.74) is 0.973. The molecule has 1 aliphatic rings. The predicted octanol–water partition coefficient (Wildman–Crippen LogP) is 3.71. The SMILES string of the molecule is Fc1ccc(F)c(-c2cc(F)cc3c2OCC3)c1. The highest BCUT2D eigenvalue weighted by Gasteiger charge is 2.21. The average Bonchev–Trinajstić information content (AvgIpc) is 2.79. The second-order valence-corrected chi connectivity index (χ2v) is 4.16. The van der Waals surface area contributed by atoms with E-state index in [0.717, 1.165) is 18.2 Å². The Balaban J connectivity index is 2.26. The highest BCUT2D eigenvalue weighted by molar-refractivity contribution is 5.73. The molecule has 1 heterocycles. The lowest BCUT2D eigenvalue weighted by molar-refractivity contribution is 0.357. The fourth-order valence-electron chi connectivity index (χ4n) is 2.17. The number of rotatable bonds is 1. The van der Waals surface area contributed by atoms with Crippen molar-refractivity contribution < 1.29 is 17.9 Å². The van der Waals surface area contributed by atoms with Gasteiger partial charge in [0.2, 0.25) is 0 Å². The molecule has 0 fully saturated rings. The van der Waals surface area contributed by atoms with Gasteiger partial charge < -0.3 is 4.74 Å². The molecule has 0 amide bonds. The molecule has 2 aromatic carbocycles. The second-order valence-electron chi connectivity index (χ2n) is 4.16. The lowest BCUT2D eigenvalue weighted by Crippen LogP contribution is -1.92. The van der Waals surface area contributed by atoms with Gasteiger partial charge >= 0.3 is 0 Å². The van der Waals surface area contributed by atoms with Crippen molar-refractivity contribution in [1.29, 1.82) is 0 Å². The molecule has 3 rings (SSSR count). The molecule has 1 aliphatic heterocycles. The summed E-state index contributed by atoms with van der Waals surface area (Å²) in [5, 5.41) is 0. The second kappa shape index (κ2) is 4.05. The third-order valence-electron chi connectivity index (χ3n) is 2.97. The van der Waals surface area contributed by atoms with Crippen LogP contribution in [0.4, 0.5) is 13.2 Å². The van der Waals surface area contributed by atoms with Crippen molar-refractivity contribution in [1.82, 2.24) is 0 Å². The van der Waals surface area contributed by atoms with Crippen molar-refractivity contribution in [2.24, 2.45) is 0 Å². The minimum Gasteiger partial charge on any atom is -0.492 e. The highest BCUT2D eigenvalue weighted by Crippen LogP contribution is 2.38. The van der Waals surface area contributed by atoms with Gasteiger partial charge in [-0.15, -0.1) is 0 Å². The smallest absolute Gasteiger partial charge is 0.131 e. The Labute approximate surface area is 102 Å². The number of fused-ring (bicyclic) bond motifs is 1. The van der Waals surface area contributed by atoms with Crippen LogP contribution in [0.3, 0.4) is 0 Å². The van der Waals surface area contributed by atoms with Gasteiger partial charge in [-0.2, -0.15) is 0 Å². The van der Waals surface area contributed by atoms with Crippen LogP contribution in [-0.2, 0) is 6.42 Å². The van der Waals surface area contributed by atoms with Gasteiger partial charge in [-0.25, -0.2) is 13.2 Å². The van der Waals surface area contributed by atoms with Gasteiger partial charge in [-0.3, -0.25) is 0 Å². The molecule has 0 spiro atoms. The first-order valence-electron chi connectivity index (χ1n) is 5.56. The molecule has 0 aliphatic carbocycles. The van der Waals surface area contributed by atoms with Gasteiger partial charge in [-0.05, 0) is 30.3 Å². The van der Waals surface area contributed by atoms with E-state index in [1.807, 2.05) is 0 Å². The topological polar surface area (TPSA) is 9.23 Å². The van der Waals surface area contributed by atoms with E-state index in [4.69, 9.17) is 4.74 Å². The normalized spacial score (nSPS) is 13.3. The predicted molar refractivity (Wildman–Crippen MR) is 61.0 cm³/mol. The molecule has 0 bridgehead atoms. The molecule has 0 atom stereocenters. The van der Waals surface area contributed by atoms with Crippen LogP contribution >= 0.6 is 0 Å². The standard InChI is InChI=1S/C14H9F3O/c15-9-1-2-13(17)11(6-9)12-7-10(16)5-8-3-4-18-14(8)12/h1-2,5-7H,3-4H2. The van der Waals surface area contributed by atoms with Crippen LogP contribution in [0.1, 0.15) is 5.56 Å². The molecule has 0 unspecified atom stereocenters. The molecule has 0 saturated carbocycles. The Morgan fingerprint density at radius 1 is 0.889 bits per heavy atom. The molecule has 2 aromatic rings. The van der Waals surface area contributed by atoms with Gasteiger partial charge in [0.15, 0.2) is 0 Å². The lowest BCUT2D eigenvalue weighted by Gasteiger charge is -2.09. The summed E-state index contributed by atoms with van der Waals surface area (Å²) in [4.78, 5) is 0. The molecule has 92 valence electrons. The lowest BCUT2D eigenvalue weighted by atomic mass is 10.0. The van der Waals surface area contributed by atoms with E-state index in [2.05, 4.69) is 0 Å². The number of hydrogen-bond donors (Lipinski definition) is 0. The maximum absolute atomic E-state index is 13.7. The summed E-state index contributed by atoms with van der Waals surface area (Å²) < 4.78 is 45.7. The van der Waals surface area contributed by atoms with E-state index in [0.29, 0.717) is 24.3 Å². The Bertz CT molecular complexity index is 623. The van der Waals surface area contributed by atoms with E-state index in [1.54, 1.807) is 0 Å². The summed E-state index contributed by atoms with van der Waals surface area (Å²) in [5.74, 6) is -1.19. The van der Waals surface area contributed by atoms with Crippen molar-refractivity contribution in [2.45, 2.75) is 6.42 Å². The first kappa shape index (κ1) is 11.1. The summed E-state index contributed by atoms with van der Waals surface area (Å²) in [6, 6.07) is 5.63. The van der Waals surface area contributed by atoms with Crippen LogP contribution in [0.2, 0.25) is 0 Å². The zero-order valence-corrected chi connectivity index (χ0v) is 9.34. The third-order valence-corrected chi connectivity index (χ3v) is 2.97. The first-order chi connectivity index (χ1) is 8.65. The third kappa shape index (κ3) is 1.74. The van der Waals surface area contributed by atoms with E-state index in [-0.39, 0.29) is 11.1 Å². The largest absolute Gasteiger partial charge is 0.492 e. The van der Waals surface area contributed by atoms with Crippen LogP contribution in [0, 0.1) is 17.5 Å². The zero-order chi connectivity index (χ0) is 12.7. The number of halogens is 3. The average molecular weight is 250 g/mol. The molecule has 0 radical (unpaired) electrons. The van der Waals surface area contributed by atoms with Crippen molar-refractivity contribution in [3.05, 3.63) is 53.3 Å². The van der Waals surface area contributed by atoms with Crippen LogP contribution in [0.15, 0.2) is 30.3 Å². The molecule has 4 heteroatoms. The minimum atomic E-state index is -0.597. The van der Waals surface area contributed by atoms with E-state index >= 15 is 0 Å². The van der Waals surface area contributed by atoms with Crippen LogP contribution in [-0.4, -0.2) is 6.61 Å². The summed E-state index contributed by atoms with van der Waals surface area (Å²) >= 11 is 0. The molecule has 1 nitrogen and oxygen atoms in total. The maximum atomic E-state index is 13.7. The van der Waals surface area contributed by atoms with Crippen molar-refractivity contribution >= 4 is 0 Å². The zero-order valence-electron chi connectivity index (χ0n) is 9.34.